The first kappa shape index (κ1) is 12.7. The predicted molar refractivity (Wildman–Crippen MR) is 70.0 cm³/mol. The molecule has 0 radical (unpaired) electrons. The second-order valence-corrected chi connectivity index (χ2v) is 4.79. The van der Waals surface area contributed by atoms with Gasteiger partial charge in [-0.05, 0) is 17.7 Å². The van der Waals surface area contributed by atoms with Crippen molar-refractivity contribution in [3.05, 3.63) is 46.2 Å². The summed E-state index contributed by atoms with van der Waals surface area (Å²) in [4.78, 5) is 21.8. The first-order valence-electron chi connectivity index (χ1n) is 5.49. The monoisotopic (exact) mass is 262 g/mol. The molecule has 0 aliphatic heterocycles. The Balaban J connectivity index is 2.05. The third kappa shape index (κ3) is 2.91. The topological polar surface area (TPSA) is 72.1 Å². The molecular formula is C12H14N4OS. The highest BCUT2D eigenvalue weighted by Gasteiger charge is 2.15. The van der Waals surface area contributed by atoms with Gasteiger partial charge in [-0.3, -0.25) is 9.78 Å². The van der Waals surface area contributed by atoms with E-state index in [0.29, 0.717) is 18.8 Å². The summed E-state index contributed by atoms with van der Waals surface area (Å²) in [5.74, 6) is -0.0947. The summed E-state index contributed by atoms with van der Waals surface area (Å²) in [6.45, 7) is 0.906. The van der Waals surface area contributed by atoms with Gasteiger partial charge in [-0.25, -0.2) is 4.98 Å². The van der Waals surface area contributed by atoms with E-state index < -0.39 is 0 Å². The van der Waals surface area contributed by atoms with E-state index in [4.69, 9.17) is 5.73 Å². The summed E-state index contributed by atoms with van der Waals surface area (Å²) >= 11 is 1.41. The highest BCUT2D eigenvalue weighted by molar-refractivity contribution is 7.09. The minimum Gasteiger partial charge on any atom is -0.336 e. The fourth-order valence-corrected chi connectivity index (χ4v) is 2.18. The molecule has 0 saturated carbocycles. The van der Waals surface area contributed by atoms with Crippen LogP contribution < -0.4 is 5.73 Å². The zero-order valence-electron chi connectivity index (χ0n) is 10.0. The molecule has 0 unspecified atom stereocenters. The summed E-state index contributed by atoms with van der Waals surface area (Å²) in [6.07, 6.45) is 3.42. The molecule has 2 aromatic rings. The van der Waals surface area contributed by atoms with Crippen molar-refractivity contribution in [3.8, 4) is 0 Å². The van der Waals surface area contributed by atoms with Gasteiger partial charge in [-0.15, -0.1) is 11.3 Å². The quantitative estimate of drug-likeness (QED) is 0.900. The molecule has 5 nitrogen and oxygen atoms in total. The molecule has 0 aromatic carbocycles. The van der Waals surface area contributed by atoms with Crippen molar-refractivity contribution in [2.45, 2.75) is 13.1 Å². The number of amides is 1. The van der Waals surface area contributed by atoms with E-state index in [9.17, 15) is 4.79 Å². The number of hydrogen-bond donors (Lipinski definition) is 1. The Kier molecular flexibility index (Phi) is 4.01. The number of hydrogen-bond acceptors (Lipinski definition) is 5. The first-order valence-corrected chi connectivity index (χ1v) is 6.37. The van der Waals surface area contributed by atoms with Crippen LogP contribution in [0.25, 0.3) is 0 Å². The summed E-state index contributed by atoms with van der Waals surface area (Å²) in [5.41, 5.74) is 6.97. The summed E-state index contributed by atoms with van der Waals surface area (Å²) in [6, 6.07) is 3.77. The van der Waals surface area contributed by atoms with Gasteiger partial charge in [0.15, 0.2) is 0 Å². The lowest BCUT2D eigenvalue weighted by atomic mass is 10.2. The van der Waals surface area contributed by atoms with Gasteiger partial charge in [0, 0.05) is 37.9 Å². The number of carbonyl (C=O) groups is 1. The van der Waals surface area contributed by atoms with Crippen molar-refractivity contribution in [2.24, 2.45) is 5.73 Å². The van der Waals surface area contributed by atoms with Gasteiger partial charge in [-0.2, -0.15) is 0 Å². The molecule has 18 heavy (non-hydrogen) atoms. The van der Waals surface area contributed by atoms with E-state index in [-0.39, 0.29) is 5.91 Å². The van der Waals surface area contributed by atoms with Gasteiger partial charge in [0.2, 0.25) is 0 Å². The molecule has 0 fully saturated rings. The standard InChI is InChI=1S/C12H14N4OS/c1-16(7-9-2-4-14-5-3-9)12(17)10-8-18-11(6-13)15-10/h2-5,8H,6-7,13H2,1H3. The second kappa shape index (κ2) is 5.70. The Hall–Kier alpha value is -1.79. The van der Waals surface area contributed by atoms with E-state index in [1.807, 2.05) is 12.1 Å². The number of pyridine rings is 1. The zero-order chi connectivity index (χ0) is 13.0. The number of aromatic nitrogens is 2. The molecule has 0 saturated heterocycles. The minimum absolute atomic E-state index is 0.0947. The summed E-state index contributed by atoms with van der Waals surface area (Å²) in [7, 11) is 1.75. The van der Waals surface area contributed by atoms with E-state index in [1.54, 1.807) is 29.7 Å². The molecule has 0 bridgehead atoms. The van der Waals surface area contributed by atoms with Crippen LogP contribution in [0.15, 0.2) is 29.9 Å². The van der Waals surface area contributed by atoms with E-state index >= 15 is 0 Å². The molecule has 6 heteroatoms. The molecule has 0 aliphatic carbocycles. The average Bonchev–Trinajstić information content (AvgIpc) is 2.87. The highest BCUT2D eigenvalue weighted by Crippen LogP contribution is 2.12. The molecule has 0 spiro atoms. The fourth-order valence-electron chi connectivity index (χ4n) is 1.53. The summed E-state index contributed by atoms with van der Waals surface area (Å²) in [5, 5.41) is 2.52. The lowest BCUT2D eigenvalue weighted by Gasteiger charge is -2.15. The molecule has 2 heterocycles. The predicted octanol–water partition coefficient (Wildman–Crippen LogP) is 1.27. The normalized spacial score (nSPS) is 10.3. The molecule has 2 N–H and O–H groups in total. The van der Waals surface area contributed by atoms with Crippen molar-refractivity contribution in [3.63, 3.8) is 0 Å². The molecule has 94 valence electrons. The molecule has 0 atom stereocenters. The molecule has 2 aromatic heterocycles. The van der Waals surface area contributed by atoms with Crippen molar-refractivity contribution < 1.29 is 4.79 Å². The number of carbonyl (C=O) groups excluding carboxylic acids is 1. The Bertz CT molecular complexity index is 526. The molecule has 2 rings (SSSR count). The Morgan fingerprint density at radius 2 is 2.17 bits per heavy atom. The Morgan fingerprint density at radius 1 is 1.44 bits per heavy atom. The third-order valence-electron chi connectivity index (χ3n) is 2.46. The first-order chi connectivity index (χ1) is 8.70. The largest absolute Gasteiger partial charge is 0.336 e. The minimum atomic E-state index is -0.0947. The van der Waals surface area contributed by atoms with E-state index in [1.165, 1.54) is 11.3 Å². The van der Waals surface area contributed by atoms with Crippen LogP contribution in [-0.4, -0.2) is 27.8 Å². The maximum atomic E-state index is 12.1. The van der Waals surface area contributed by atoms with Gasteiger partial charge in [-0.1, -0.05) is 0 Å². The number of nitrogens with zero attached hydrogens (tertiary/aromatic N) is 3. The smallest absolute Gasteiger partial charge is 0.273 e. The molecule has 1 amide bonds. The van der Waals surface area contributed by atoms with Crippen molar-refractivity contribution >= 4 is 17.2 Å². The number of rotatable bonds is 4. The number of nitrogens with two attached hydrogens (primary N) is 1. The van der Waals surface area contributed by atoms with Crippen LogP contribution in [0.2, 0.25) is 0 Å². The van der Waals surface area contributed by atoms with Crippen LogP contribution in [-0.2, 0) is 13.1 Å². The maximum absolute atomic E-state index is 12.1. The van der Waals surface area contributed by atoms with Crippen LogP contribution in [0, 0.1) is 0 Å². The maximum Gasteiger partial charge on any atom is 0.273 e. The SMILES string of the molecule is CN(Cc1ccncc1)C(=O)c1csc(CN)n1. The highest BCUT2D eigenvalue weighted by atomic mass is 32.1. The van der Waals surface area contributed by atoms with E-state index in [2.05, 4.69) is 9.97 Å². The van der Waals surface area contributed by atoms with Gasteiger partial charge in [0.1, 0.15) is 10.7 Å². The average molecular weight is 262 g/mol. The van der Waals surface area contributed by atoms with E-state index in [0.717, 1.165) is 10.6 Å². The van der Waals surface area contributed by atoms with Crippen molar-refractivity contribution in [1.29, 1.82) is 0 Å². The van der Waals surface area contributed by atoms with Crippen LogP contribution >= 0.6 is 11.3 Å². The van der Waals surface area contributed by atoms with Crippen LogP contribution in [0.5, 0.6) is 0 Å². The lowest BCUT2D eigenvalue weighted by Crippen LogP contribution is -2.26. The van der Waals surface area contributed by atoms with Crippen LogP contribution in [0.4, 0.5) is 0 Å². The van der Waals surface area contributed by atoms with Crippen LogP contribution in [0.3, 0.4) is 0 Å². The second-order valence-electron chi connectivity index (χ2n) is 3.85. The van der Waals surface area contributed by atoms with Gasteiger partial charge < -0.3 is 10.6 Å². The Morgan fingerprint density at radius 3 is 2.78 bits per heavy atom. The van der Waals surface area contributed by atoms with Gasteiger partial charge in [0.25, 0.3) is 5.91 Å². The molecular weight excluding hydrogens is 248 g/mol. The zero-order valence-corrected chi connectivity index (χ0v) is 10.9. The van der Waals surface area contributed by atoms with Gasteiger partial charge in [0.05, 0.1) is 0 Å². The lowest BCUT2D eigenvalue weighted by molar-refractivity contribution is 0.0780. The van der Waals surface area contributed by atoms with Gasteiger partial charge >= 0.3 is 0 Å². The fraction of sp³-hybridized carbons (Fsp3) is 0.250. The summed E-state index contributed by atoms with van der Waals surface area (Å²) < 4.78 is 0. The van der Waals surface area contributed by atoms with Crippen molar-refractivity contribution in [2.75, 3.05) is 7.05 Å². The van der Waals surface area contributed by atoms with Crippen molar-refractivity contribution in [1.82, 2.24) is 14.9 Å². The third-order valence-corrected chi connectivity index (χ3v) is 3.33. The number of thiazole rings is 1. The molecule has 0 aliphatic rings. The Labute approximate surface area is 109 Å². The van der Waals surface area contributed by atoms with Crippen LogP contribution in [0.1, 0.15) is 21.1 Å².